The average molecular weight is 521 g/mol. The normalized spacial score (nSPS) is 11.7. The molecule has 178 valence electrons. The highest BCUT2D eigenvalue weighted by Gasteiger charge is 2.14. The van der Waals surface area contributed by atoms with Gasteiger partial charge in [0.2, 0.25) is 0 Å². The van der Waals surface area contributed by atoms with Gasteiger partial charge >= 0.3 is 0 Å². The third-order valence-electron chi connectivity index (χ3n) is 7.19. The summed E-state index contributed by atoms with van der Waals surface area (Å²) in [6, 6.07) is 39.0. The third-order valence-corrected chi connectivity index (χ3v) is 9.58. The molecule has 0 N–H and O–H groups in total. The Bertz CT molecular complexity index is 2000. The predicted octanol–water partition coefficient (Wildman–Crippen LogP) is 10.2. The number of pyridine rings is 2. The highest BCUT2D eigenvalue weighted by atomic mass is 32.1. The van der Waals surface area contributed by atoms with Crippen molar-refractivity contribution in [1.82, 2.24) is 9.97 Å². The fourth-order valence-corrected chi connectivity index (χ4v) is 7.83. The van der Waals surface area contributed by atoms with Gasteiger partial charge in [-0.1, -0.05) is 72.8 Å². The summed E-state index contributed by atoms with van der Waals surface area (Å²) in [6.07, 6.45) is 3.86. The Balaban J connectivity index is 1.25. The summed E-state index contributed by atoms with van der Waals surface area (Å²) in [5.41, 5.74) is 6.70. The van der Waals surface area contributed by atoms with Crippen LogP contribution >= 0.6 is 22.7 Å². The molecule has 0 fully saturated rings. The van der Waals surface area contributed by atoms with Gasteiger partial charge in [-0.15, -0.1) is 22.7 Å². The minimum atomic E-state index is 1.04. The molecular formula is C34H20N2S2. The number of hydrogen-bond donors (Lipinski definition) is 0. The van der Waals surface area contributed by atoms with Gasteiger partial charge in [0.25, 0.3) is 0 Å². The molecular weight excluding hydrogens is 501 g/mol. The average Bonchev–Trinajstić information content (AvgIpc) is 3.56. The molecule has 4 heterocycles. The van der Waals surface area contributed by atoms with Gasteiger partial charge < -0.3 is 0 Å². The van der Waals surface area contributed by atoms with Crippen molar-refractivity contribution >= 4 is 63.0 Å². The Hall–Kier alpha value is -4.38. The van der Waals surface area contributed by atoms with Crippen LogP contribution in [-0.4, -0.2) is 9.97 Å². The summed E-state index contributed by atoms with van der Waals surface area (Å²) < 4.78 is 5.06. The fraction of sp³-hybridized carbons (Fsp3) is 0. The van der Waals surface area contributed by atoms with Gasteiger partial charge in [-0.05, 0) is 47.5 Å². The van der Waals surface area contributed by atoms with Crippen molar-refractivity contribution in [2.24, 2.45) is 0 Å². The summed E-state index contributed by atoms with van der Waals surface area (Å²) in [5, 5.41) is 5.13. The number of benzene rings is 4. The first-order valence-corrected chi connectivity index (χ1v) is 14.2. The molecule has 0 amide bonds. The summed E-state index contributed by atoms with van der Waals surface area (Å²) in [4.78, 5) is 9.66. The highest BCUT2D eigenvalue weighted by Crippen LogP contribution is 2.41. The lowest BCUT2D eigenvalue weighted by Gasteiger charge is -2.09. The zero-order chi connectivity index (χ0) is 25.1. The summed E-state index contributed by atoms with van der Waals surface area (Å²) in [6.45, 7) is 0. The standard InChI is InChI=1S/C34H20N2S2/c1-3-13-29-25(11-1)27-15-17-35-31(33(27)37-29)23-9-5-7-21(19-23)22-8-6-10-24(20-22)32-34-28(16-18-36-32)26-12-2-4-14-30(26)38-34/h1-20H. The minimum Gasteiger partial charge on any atom is -0.255 e. The number of rotatable bonds is 3. The van der Waals surface area contributed by atoms with E-state index in [4.69, 9.17) is 9.97 Å². The van der Waals surface area contributed by atoms with Gasteiger partial charge in [0.15, 0.2) is 0 Å². The van der Waals surface area contributed by atoms with Crippen LogP contribution in [0, 0.1) is 0 Å². The molecule has 4 heteroatoms. The molecule has 0 saturated carbocycles. The summed E-state index contributed by atoms with van der Waals surface area (Å²) >= 11 is 3.64. The van der Waals surface area contributed by atoms with Crippen LogP contribution in [0.5, 0.6) is 0 Å². The van der Waals surface area contributed by atoms with Crippen molar-refractivity contribution in [2.75, 3.05) is 0 Å². The molecule has 4 aromatic heterocycles. The van der Waals surface area contributed by atoms with E-state index < -0.39 is 0 Å². The maximum Gasteiger partial charge on any atom is 0.0880 e. The van der Waals surface area contributed by atoms with Crippen molar-refractivity contribution in [3.05, 3.63) is 122 Å². The lowest BCUT2D eigenvalue weighted by molar-refractivity contribution is 1.36. The van der Waals surface area contributed by atoms with Gasteiger partial charge in [0, 0.05) is 54.5 Å². The Kier molecular flexibility index (Phi) is 4.90. The maximum absolute atomic E-state index is 4.83. The molecule has 38 heavy (non-hydrogen) atoms. The van der Waals surface area contributed by atoms with Gasteiger partial charge in [-0.2, -0.15) is 0 Å². The molecule has 4 aromatic carbocycles. The number of nitrogens with zero attached hydrogens (tertiary/aromatic N) is 2. The largest absolute Gasteiger partial charge is 0.255 e. The molecule has 0 radical (unpaired) electrons. The molecule has 8 aromatic rings. The van der Waals surface area contributed by atoms with Crippen LogP contribution in [0.15, 0.2) is 122 Å². The number of aromatic nitrogens is 2. The van der Waals surface area contributed by atoms with Gasteiger partial charge in [0.05, 0.1) is 20.8 Å². The molecule has 0 bridgehead atoms. The molecule has 0 atom stereocenters. The molecule has 0 spiro atoms. The smallest absolute Gasteiger partial charge is 0.0880 e. The Morgan fingerprint density at radius 2 is 0.842 bits per heavy atom. The van der Waals surface area contributed by atoms with E-state index in [1.54, 1.807) is 0 Å². The lowest BCUT2D eigenvalue weighted by atomic mass is 9.98. The fourth-order valence-electron chi connectivity index (χ4n) is 5.41. The molecule has 0 aliphatic carbocycles. The van der Waals surface area contributed by atoms with Crippen LogP contribution in [0.25, 0.3) is 74.0 Å². The second-order valence-corrected chi connectivity index (χ2v) is 11.5. The van der Waals surface area contributed by atoms with E-state index >= 15 is 0 Å². The van der Waals surface area contributed by atoms with Crippen molar-refractivity contribution in [3.63, 3.8) is 0 Å². The number of thiophene rings is 2. The predicted molar refractivity (Wildman–Crippen MR) is 164 cm³/mol. The van der Waals surface area contributed by atoms with Gasteiger partial charge in [-0.25, -0.2) is 0 Å². The lowest BCUT2D eigenvalue weighted by Crippen LogP contribution is -1.87. The Morgan fingerprint density at radius 1 is 0.395 bits per heavy atom. The maximum atomic E-state index is 4.83. The zero-order valence-electron chi connectivity index (χ0n) is 20.3. The first-order valence-electron chi connectivity index (χ1n) is 12.6. The SMILES string of the molecule is c1cc(-c2cccc(-c3nccc4c3sc3ccccc34)c2)cc(-c2nccc3c2sc2ccccc23)c1. The molecule has 2 nitrogen and oxygen atoms in total. The number of hydrogen-bond acceptors (Lipinski definition) is 4. The first-order chi connectivity index (χ1) is 18.8. The molecule has 0 aliphatic heterocycles. The third kappa shape index (κ3) is 3.38. The second-order valence-electron chi connectivity index (χ2n) is 9.43. The van der Waals surface area contributed by atoms with E-state index in [9.17, 15) is 0 Å². The van der Waals surface area contributed by atoms with Crippen LogP contribution in [0.4, 0.5) is 0 Å². The summed E-state index contributed by atoms with van der Waals surface area (Å²) in [5.74, 6) is 0. The van der Waals surface area contributed by atoms with Crippen molar-refractivity contribution < 1.29 is 0 Å². The van der Waals surface area contributed by atoms with E-state index in [2.05, 4.69) is 109 Å². The van der Waals surface area contributed by atoms with Crippen LogP contribution < -0.4 is 0 Å². The summed E-state index contributed by atoms with van der Waals surface area (Å²) in [7, 11) is 0. The second kappa shape index (κ2) is 8.59. The van der Waals surface area contributed by atoms with E-state index in [0.717, 1.165) is 22.5 Å². The van der Waals surface area contributed by atoms with Crippen molar-refractivity contribution in [2.45, 2.75) is 0 Å². The van der Waals surface area contributed by atoms with Crippen LogP contribution in [0.2, 0.25) is 0 Å². The Labute approximate surface area is 227 Å². The van der Waals surface area contributed by atoms with E-state index in [-0.39, 0.29) is 0 Å². The molecule has 0 saturated heterocycles. The van der Waals surface area contributed by atoms with E-state index in [1.807, 2.05) is 35.1 Å². The van der Waals surface area contributed by atoms with E-state index in [1.165, 1.54) is 51.5 Å². The van der Waals surface area contributed by atoms with Crippen molar-refractivity contribution in [3.8, 4) is 33.6 Å². The van der Waals surface area contributed by atoms with E-state index in [0.29, 0.717) is 0 Å². The minimum absolute atomic E-state index is 1.04. The topological polar surface area (TPSA) is 25.8 Å². The molecule has 0 aliphatic rings. The Morgan fingerprint density at radius 3 is 1.34 bits per heavy atom. The zero-order valence-corrected chi connectivity index (χ0v) is 21.9. The molecule has 0 unspecified atom stereocenters. The molecule has 8 rings (SSSR count). The van der Waals surface area contributed by atoms with Crippen LogP contribution in [0.1, 0.15) is 0 Å². The first kappa shape index (κ1) is 21.7. The quantitative estimate of drug-likeness (QED) is 0.232. The monoisotopic (exact) mass is 520 g/mol. The van der Waals surface area contributed by atoms with Gasteiger partial charge in [-0.3, -0.25) is 9.97 Å². The number of fused-ring (bicyclic) bond motifs is 6. The highest BCUT2D eigenvalue weighted by molar-refractivity contribution is 7.26. The van der Waals surface area contributed by atoms with Crippen LogP contribution in [0.3, 0.4) is 0 Å². The van der Waals surface area contributed by atoms with Gasteiger partial charge in [0.1, 0.15) is 0 Å². The van der Waals surface area contributed by atoms with Crippen molar-refractivity contribution in [1.29, 1.82) is 0 Å². The van der Waals surface area contributed by atoms with Crippen LogP contribution in [-0.2, 0) is 0 Å².